The Labute approximate surface area is 133 Å². The van der Waals surface area contributed by atoms with Gasteiger partial charge in [0, 0.05) is 21.9 Å². The second kappa shape index (κ2) is 7.52. The van der Waals surface area contributed by atoms with E-state index in [1.54, 1.807) is 43.3 Å². The first-order chi connectivity index (χ1) is 10.6. The second-order valence-electron chi connectivity index (χ2n) is 4.76. The van der Waals surface area contributed by atoms with Crippen LogP contribution in [0.4, 0.5) is 0 Å². The molecular weight excluding hydrogens is 300 g/mol. The number of benzene rings is 2. The highest BCUT2D eigenvalue weighted by Crippen LogP contribution is 2.09. The number of Topliss-reactive ketones (excluding diaryl/α,β-unsaturated/α-hetero) is 1. The van der Waals surface area contributed by atoms with E-state index in [4.69, 9.17) is 11.6 Å². The zero-order valence-corrected chi connectivity index (χ0v) is 12.8. The van der Waals surface area contributed by atoms with E-state index in [0.717, 1.165) is 0 Å². The standard InChI is InChI=1S/C17H15ClN2O2/c1-12(11-16(21)13-5-3-2-4-6-13)19-20-17(22)14-7-9-15(18)10-8-14/h2-10H,11H2,1H3,(H,20,22)/b19-12+. The molecule has 2 aromatic rings. The van der Waals surface area contributed by atoms with Crippen LogP contribution in [0, 0.1) is 0 Å². The molecule has 0 bridgehead atoms. The molecule has 22 heavy (non-hydrogen) atoms. The van der Waals surface area contributed by atoms with Crippen LogP contribution in [-0.4, -0.2) is 17.4 Å². The maximum Gasteiger partial charge on any atom is 0.271 e. The van der Waals surface area contributed by atoms with Crippen molar-refractivity contribution < 1.29 is 9.59 Å². The van der Waals surface area contributed by atoms with Crippen molar-refractivity contribution in [2.45, 2.75) is 13.3 Å². The quantitative estimate of drug-likeness (QED) is 0.519. The topological polar surface area (TPSA) is 58.5 Å². The highest BCUT2D eigenvalue weighted by molar-refractivity contribution is 6.30. The molecular formula is C17H15ClN2O2. The van der Waals surface area contributed by atoms with Crippen LogP contribution in [0.5, 0.6) is 0 Å². The molecule has 4 nitrogen and oxygen atoms in total. The molecule has 0 unspecified atom stereocenters. The van der Waals surface area contributed by atoms with Gasteiger partial charge in [-0.1, -0.05) is 41.9 Å². The van der Waals surface area contributed by atoms with Gasteiger partial charge >= 0.3 is 0 Å². The van der Waals surface area contributed by atoms with Gasteiger partial charge in [-0.2, -0.15) is 5.10 Å². The minimum atomic E-state index is -0.344. The van der Waals surface area contributed by atoms with Crippen LogP contribution in [0.2, 0.25) is 5.02 Å². The lowest BCUT2D eigenvalue weighted by Crippen LogP contribution is -2.19. The van der Waals surface area contributed by atoms with Gasteiger partial charge in [-0.3, -0.25) is 9.59 Å². The first-order valence-corrected chi connectivity index (χ1v) is 7.11. The fourth-order valence-electron chi connectivity index (χ4n) is 1.81. The number of nitrogens with zero attached hydrogens (tertiary/aromatic N) is 1. The molecule has 0 aliphatic heterocycles. The predicted octanol–water partition coefficient (Wildman–Crippen LogP) is 3.72. The summed E-state index contributed by atoms with van der Waals surface area (Å²) in [6, 6.07) is 15.4. The van der Waals surface area contributed by atoms with Crippen LogP contribution in [0.25, 0.3) is 0 Å². The molecule has 1 N–H and O–H groups in total. The molecule has 0 spiro atoms. The number of amides is 1. The predicted molar refractivity (Wildman–Crippen MR) is 87.4 cm³/mol. The van der Waals surface area contributed by atoms with Crippen molar-refractivity contribution in [3.63, 3.8) is 0 Å². The summed E-state index contributed by atoms with van der Waals surface area (Å²) in [7, 11) is 0. The number of halogens is 1. The third kappa shape index (κ3) is 4.53. The fourth-order valence-corrected chi connectivity index (χ4v) is 1.94. The molecule has 112 valence electrons. The number of carbonyl (C=O) groups excluding carboxylic acids is 2. The summed E-state index contributed by atoms with van der Waals surface area (Å²) in [5.41, 5.74) is 4.05. The summed E-state index contributed by atoms with van der Waals surface area (Å²) in [4.78, 5) is 23.9. The Hall–Kier alpha value is -2.46. The van der Waals surface area contributed by atoms with Crippen LogP contribution in [0.3, 0.4) is 0 Å². The molecule has 0 heterocycles. The Balaban J connectivity index is 1.94. The minimum absolute atomic E-state index is 0.0393. The molecule has 0 aliphatic carbocycles. The Bertz CT molecular complexity index is 694. The third-order valence-electron chi connectivity index (χ3n) is 2.97. The summed E-state index contributed by atoms with van der Waals surface area (Å²) in [5, 5.41) is 4.51. The Morgan fingerprint density at radius 2 is 1.64 bits per heavy atom. The molecule has 0 radical (unpaired) electrons. The zero-order chi connectivity index (χ0) is 15.9. The van der Waals surface area contributed by atoms with Crippen molar-refractivity contribution in [3.8, 4) is 0 Å². The Kier molecular flexibility index (Phi) is 5.44. The lowest BCUT2D eigenvalue weighted by molar-refractivity contribution is 0.0951. The van der Waals surface area contributed by atoms with Crippen LogP contribution < -0.4 is 5.43 Å². The smallest absolute Gasteiger partial charge is 0.271 e. The number of hydrogen-bond donors (Lipinski definition) is 1. The van der Waals surface area contributed by atoms with Gasteiger partial charge in [0.15, 0.2) is 5.78 Å². The van der Waals surface area contributed by atoms with Gasteiger partial charge < -0.3 is 0 Å². The van der Waals surface area contributed by atoms with Crippen molar-refractivity contribution in [1.29, 1.82) is 0 Å². The Morgan fingerprint density at radius 3 is 2.27 bits per heavy atom. The van der Waals surface area contributed by atoms with Crippen LogP contribution in [0.1, 0.15) is 34.1 Å². The van der Waals surface area contributed by atoms with Gasteiger partial charge in [-0.25, -0.2) is 5.43 Å². The van der Waals surface area contributed by atoms with Gasteiger partial charge in [-0.15, -0.1) is 0 Å². The molecule has 0 aliphatic rings. The first kappa shape index (κ1) is 15.9. The highest BCUT2D eigenvalue weighted by Gasteiger charge is 2.08. The van der Waals surface area contributed by atoms with Crippen LogP contribution >= 0.6 is 11.6 Å². The van der Waals surface area contributed by atoms with Gasteiger partial charge in [0.25, 0.3) is 5.91 Å². The fraction of sp³-hybridized carbons (Fsp3) is 0.118. The molecule has 0 saturated carbocycles. The maximum absolute atomic E-state index is 12.0. The Morgan fingerprint density at radius 1 is 1.00 bits per heavy atom. The summed E-state index contributed by atoms with van der Waals surface area (Å²) >= 11 is 5.76. The molecule has 1 amide bonds. The molecule has 0 atom stereocenters. The molecule has 5 heteroatoms. The second-order valence-corrected chi connectivity index (χ2v) is 5.20. The summed E-state index contributed by atoms with van der Waals surface area (Å²) in [6.07, 6.45) is 0.158. The van der Waals surface area contributed by atoms with Gasteiger partial charge in [0.05, 0.1) is 6.42 Å². The first-order valence-electron chi connectivity index (χ1n) is 6.73. The van der Waals surface area contributed by atoms with Crippen LogP contribution in [0.15, 0.2) is 59.7 Å². The number of hydrogen-bond acceptors (Lipinski definition) is 3. The van der Waals surface area contributed by atoms with E-state index in [1.807, 2.05) is 18.2 Å². The normalized spacial score (nSPS) is 11.1. The molecule has 2 rings (SSSR count). The van der Waals surface area contributed by atoms with Gasteiger partial charge in [-0.05, 0) is 31.2 Å². The van der Waals surface area contributed by atoms with E-state index in [9.17, 15) is 9.59 Å². The summed E-state index contributed by atoms with van der Waals surface area (Å²) in [5.74, 6) is -0.384. The summed E-state index contributed by atoms with van der Waals surface area (Å²) in [6.45, 7) is 1.70. The van der Waals surface area contributed by atoms with Crippen molar-refractivity contribution in [1.82, 2.24) is 5.43 Å². The molecule has 0 fully saturated rings. The number of ketones is 1. The maximum atomic E-state index is 12.0. The highest BCUT2D eigenvalue weighted by atomic mass is 35.5. The lowest BCUT2D eigenvalue weighted by Gasteiger charge is -2.03. The SMILES string of the molecule is C/C(CC(=O)c1ccccc1)=N\NC(=O)c1ccc(Cl)cc1. The van der Waals surface area contributed by atoms with E-state index in [0.29, 0.717) is 21.9 Å². The monoisotopic (exact) mass is 314 g/mol. The minimum Gasteiger partial charge on any atom is -0.294 e. The van der Waals surface area contributed by atoms with Crippen molar-refractivity contribution >= 4 is 29.0 Å². The van der Waals surface area contributed by atoms with Crippen LogP contribution in [-0.2, 0) is 0 Å². The number of nitrogens with one attached hydrogen (secondary N) is 1. The third-order valence-corrected chi connectivity index (χ3v) is 3.22. The van der Waals surface area contributed by atoms with E-state index < -0.39 is 0 Å². The zero-order valence-electron chi connectivity index (χ0n) is 12.0. The van der Waals surface area contributed by atoms with E-state index in [2.05, 4.69) is 10.5 Å². The molecule has 0 saturated heterocycles. The number of hydrazone groups is 1. The average molecular weight is 315 g/mol. The molecule has 2 aromatic carbocycles. The van der Waals surface area contributed by atoms with Crippen molar-refractivity contribution in [3.05, 3.63) is 70.7 Å². The largest absolute Gasteiger partial charge is 0.294 e. The average Bonchev–Trinajstić information content (AvgIpc) is 2.54. The lowest BCUT2D eigenvalue weighted by atomic mass is 10.1. The van der Waals surface area contributed by atoms with Gasteiger partial charge in [0.2, 0.25) is 0 Å². The van der Waals surface area contributed by atoms with E-state index in [-0.39, 0.29) is 18.1 Å². The van der Waals surface area contributed by atoms with Crippen molar-refractivity contribution in [2.75, 3.05) is 0 Å². The van der Waals surface area contributed by atoms with Gasteiger partial charge in [0.1, 0.15) is 0 Å². The number of rotatable bonds is 5. The van der Waals surface area contributed by atoms with E-state index in [1.165, 1.54) is 0 Å². The van der Waals surface area contributed by atoms with E-state index >= 15 is 0 Å². The number of carbonyl (C=O) groups is 2. The molecule has 0 aromatic heterocycles. The van der Waals surface area contributed by atoms with Crippen molar-refractivity contribution in [2.24, 2.45) is 5.10 Å². The summed E-state index contributed by atoms with van der Waals surface area (Å²) < 4.78 is 0.